The lowest BCUT2D eigenvalue weighted by molar-refractivity contribution is 0.273. The van der Waals surface area contributed by atoms with Crippen molar-refractivity contribution in [3.05, 3.63) is 81.1 Å². The third-order valence-electron chi connectivity index (χ3n) is 7.32. The Bertz CT molecular complexity index is 1340. The van der Waals surface area contributed by atoms with Gasteiger partial charge in [0.15, 0.2) is 0 Å². The summed E-state index contributed by atoms with van der Waals surface area (Å²) in [6.07, 6.45) is 6.27. The Morgan fingerprint density at radius 1 is 1.00 bits per heavy atom. The number of nitrogens with zero attached hydrogens (tertiary/aromatic N) is 2. The van der Waals surface area contributed by atoms with E-state index in [1.165, 1.54) is 5.56 Å². The summed E-state index contributed by atoms with van der Waals surface area (Å²) in [6.45, 7) is 2.92. The highest BCUT2D eigenvalue weighted by atomic mass is 32.2. The number of nitrogens with one attached hydrogen (secondary N) is 1. The van der Waals surface area contributed by atoms with Crippen molar-refractivity contribution in [2.45, 2.75) is 56.8 Å². The fourth-order valence-electron chi connectivity index (χ4n) is 5.36. The van der Waals surface area contributed by atoms with Gasteiger partial charge in [-0.05, 0) is 80.5 Å². The number of aromatic amines is 1. The molecule has 178 valence electrons. The summed E-state index contributed by atoms with van der Waals surface area (Å²) >= 11 is 0. The van der Waals surface area contributed by atoms with E-state index >= 15 is 0 Å². The molecular formula is C27H31N3O3S. The largest absolute Gasteiger partial charge is 0.268 e. The van der Waals surface area contributed by atoms with Crippen molar-refractivity contribution in [1.82, 2.24) is 14.5 Å². The number of fused-ring (bicyclic) bond motifs is 1. The van der Waals surface area contributed by atoms with E-state index in [9.17, 15) is 13.2 Å². The second kappa shape index (κ2) is 9.47. The van der Waals surface area contributed by atoms with Gasteiger partial charge in [-0.25, -0.2) is 13.5 Å². The Morgan fingerprint density at radius 2 is 1.71 bits per heavy atom. The number of H-pyrrole nitrogens is 1. The molecule has 0 spiro atoms. The molecule has 2 aromatic carbocycles. The lowest BCUT2D eigenvalue weighted by Gasteiger charge is -2.31. The van der Waals surface area contributed by atoms with Crippen molar-refractivity contribution in [3.8, 4) is 11.3 Å². The summed E-state index contributed by atoms with van der Waals surface area (Å²) in [5.74, 6) is 0.498. The van der Waals surface area contributed by atoms with E-state index in [1.54, 1.807) is 10.4 Å². The number of benzene rings is 2. The van der Waals surface area contributed by atoms with Crippen molar-refractivity contribution in [1.29, 1.82) is 0 Å². The highest BCUT2D eigenvalue weighted by molar-refractivity contribution is 7.89. The van der Waals surface area contributed by atoms with Gasteiger partial charge in [-0.1, -0.05) is 42.5 Å². The summed E-state index contributed by atoms with van der Waals surface area (Å²) in [5.41, 5.74) is 5.12. The zero-order valence-corrected chi connectivity index (χ0v) is 20.4. The average Bonchev–Trinajstić information content (AvgIpc) is 2.86. The molecule has 0 bridgehead atoms. The van der Waals surface area contributed by atoms with Gasteiger partial charge < -0.3 is 0 Å². The van der Waals surface area contributed by atoms with Gasteiger partial charge in [0.05, 0.1) is 10.6 Å². The van der Waals surface area contributed by atoms with Gasteiger partial charge in [-0.15, -0.1) is 0 Å². The van der Waals surface area contributed by atoms with Crippen LogP contribution in [0.4, 0.5) is 0 Å². The van der Waals surface area contributed by atoms with Crippen LogP contribution in [0.25, 0.3) is 11.3 Å². The molecule has 1 aromatic heterocycles. The SMILES string of the molecule is Cc1ccc(-c2n[nH]c(=O)c3c2CCCC3)cc1S(=O)(=O)N1CCC(Cc2ccccc2)CC1. The summed E-state index contributed by atoms with van der Waals surface area (Å²) < 4.78 is 28.9. The van der Waals surface area contributed by atoms with E-state index in [0.29, 0.717) is 29.6 Å². The summed E-state index contributed by atoms with van der Waals surface area (Å²) in [7, 11) is -3.62. The van der Waals surface area contributed by atoms with Gasteiger partial charge in [0.2, 0.25) is 10.0 Å². The van der Waals surface area contributed by atoms with Crippen LogP contribution in [0, 0.1) is 12.8 Å². The summed E-state index contributed by atoms with van der Waals surface area (Å²) in [4.78, 5) is 12.6. The van der Waals surface area contributed by atoms with E-state index in [0.717, 1.165) is 67.2 Å². The Hall–Kier alpha value is -2.77. The van der Waals surface area contributed by atoms with Crippen molar-refractivity contribution in [2.75, 3.05) is 13.1 Å². The van der Waals surface area contributed by atoms with Crippen LogP contribution >= 0.6 is 0 Å². The molecule has 1 fully saturated rings. The van der Waals surface area contributed by atoms with Crippen LogP contribution < -0.4 is 5.56 Å². The van der Waals surface area contributed by atoms with E-state index in [2.05, 4.69) is 34.5 Å². The molecule has 0 saturated carbocycles. The predicted molar refractivity (Wildman–Crippen MR) is 133 cm³/mol. The molecule has 1 aliphatic carbocycles. The highest BCUT2D eigenvalue weighted by Crippen LogP contribution is 2.32. The van der Waals surface area contributed by atoms with Crippen LogP contribution in [-0.2, 0) is 29.3 Å². The Kier molecular flexibility index (Phi) is 6.40. The maximum atomic E-state index is 13.6. The molecule has 1 saturated heterocycles. The molecule has 0 radical (unpaired) electrons. The first-order valence-corrected chi connectivity index (χ1v) is 13.6. The average molecular weight is 478 g/mol. The molecule has 2 heterocycles. The normalized spacial score (nSPS) is 17.4. The lowest BCUT2D eigenvalue weighted by Crippen LogP contribution is -2.39. The molecular weight excluding hydrogens is 446 g/mol. The van der Waals surface area contributed by atoms with E-state index in [-0.39, 0.29) is 5.56 Å². The quantitative estimate of drug-likeness (QED) is 0.595. The zero-order chi connectivity index (χ0) is 23.7. The Balaban J connectivity index is 1.39. The number of sulfonamides is 1. The zero-order valence-electron chi connectivity index (χ0n) is 19.6. The fourth-order valence-corrected chi connectivity index (χ4v) is 7.08. The predicted octanol–water partition coefficient (Wildman–Crippen LogP) is 4.27. The number of piperidine rings is 1. The van der Waals surface area contributed by atoms with Crippen molar-refractivity contribution in [2.24, 2.45) is 5.92 Å². The second-order valence-corrected chi connectivity index (χ2v) is 11.5. The molecule has 0 unspecified atom stereocenters. The smallest absolute Gasteiger partial charge is 0.267 e. The standard InChI is InChI=1S/C27H31N3O3S/c1-19-11-12-22(26-23-9-5-6-10-24(23)27(31)29-28-26)18-25(19)34(32,33)30-15-13-21(14-16-30)17-20-7-3-2-4-8-20/h2-4,7-8,11-12,18,21H,5-6,9-10,13-17H2,1H3,(H,29,31). The molecule has 5 rings (SSSR count). The lowest BCUT2D eigenvalue weighted by atomic mass is 9.90. The Labute approximate surface area is 201 Å². The molecule has 2 aliphatic rings. The molecule has 1 N–H and O–H groups in total. The van der Waals surface area contributed by atoms with Gasteiger partial charge in [-0.3, -0.25) is 4.79 Å². The molecule has 7 heteroatoms. The third-order valence-corrected chi connectivity index (χ3v) is 9.36. The van der Waals surface area contributed by atoms with Gasteiger partial charge in [0.25, 0.3) is 5.56 Å². The van der Waals surface area contributed by atoms with Crippen molar-refractivity contribution >= 4 is 10.0 Å². The fraction of sp³-hybridized carbons (Fsp3) is 0.407. The number of hydrogen-bond donors (Lipinski definition) is 1. The van der Waals surface area contributed by atoms with Crippen LogP contribution in [0.15, 0.2) is 58.2 Å². The second-order valence-electron chi connectivity index (χ2n) is 9.58. The topological polar surface area (TPSA) is 83.1 Å². The molecule has 0 amide bonds. The van der Waals surface area contributed by atoms with Crippen LogP contribution in [0.1, 0.15) is 47.9 Å². The minimum absolute atomic E-state index is 0.128. The number of aromatic nitrogens is 2. The maximum Gasteiger partial charge on any atom is 0.267 e. The monoisotopic (exact) mass is 477 g/mol. The molecule has 0 atom stereocenters. The van der Waals surface area contributed by atoms with Gasteiger partial charge in [-0.2, -0.15) is 9.40 Å². The first-order valence-electron chi connectivity index (χ1n) is 12.2. The van der Waals surface area contributed by atoms with Gasteiger partial charge >= 0.3 is 0 Å². The van der Waals surface area contributed by atoms with Gasteiger partial charge in [0.1, 0.15) is 0 Å². The van der Waals surface area contributed by atoms with E-state index in [4.69, 9.17) is 0 Å². The van der Waals surface area contributed by atoms with E-state index < -0.39 is 10.0 Å². The highest BCUT2D eigenvalue weighted by Gasteiger charge is 2.31. The van der Waals surface area contributed by atoms with Crippen LogP contribution in [-0.4, -0.2) is 36.0 Å². The molecule has 6 nitrogen and oxygen atoms in total. The third kappa shape index (κ3) is 4.46. The van der Waals surface area contributed by atoms with Crippen molar-refractivity contribution < 1.29 is 8.42 Å². The first-order chi connectivity index (χ1) is 16.4. The first kappa shape index (κ1) is 23.0. The van der Waals surface area contributed by atoms with E-state index in [1.807, 2.05) is 25.1 Å². The van der Waals surface area contributed by atoms with Crippen LogP contribution in [0.2, 0.25) is 0 Å². The summed E-state index contributed by atoms with van der Waals surface area (Å²) in [6, 6.07) is 15.9. The minimum atomic E-state index is -3.62. The number of rotatable bonds is 5. The number of aryl methyl sites for hydroxylation is 1. The number of hydrogen-bond acceptors (Lipinski definition) is 4. The van der Waals surface area contributed by atoms with Crippen LogP contribution in [0.5, 0.6) is 0 Å². The minimum Gasteiger partial charge on any atom is -0.268 e. The van der Waals surface area contributed by atoms with Crippen molar-refractivity contribution in [3.63, 3.8) is 0 Å². The molecule has 1 aliphatic heterocycles. The van der Waals surface area contributed by atoms with Gasteiger partial charge in [0, 0.05) is 24.2 Å². The van der Waals surface area contributed by atoms with Crippen LogP contribution in [0.3, 0.4) is 0 Å². The molecule has 3 aromatic rings. The Morgan fingerprint density at radius 3 is 2.44 bits per heavy atom. The maximum absolute atomic E-state index is 13.6. The summed E-state index contributed by atoms with van der Waals surface area (Å²) in [5, 5.41) is 6.95. The molecule has 34 heavy (non-hydrogen) atoms.